The molecule has 1 aromatic carbocycles. The van der Waals surface area contributed by atoms with Gasteiger partial charge in [0.15, 0.2) is 0 Å². The van der Waals surface area contributed by atoms with E-state index in [0.29, 0.717) is 12.4 Å². The van der Waals surface area contributed by atoms with Gasteiger partial charge in [0.1, 0.15) is 17.9 Å². The van der Waals surface area contributed by atoms with Gasteiger partial charge < -0.3 is 10.1 Å². The van der Waals surface area contributed by atoms with E-state index in [-0.39, 0.29) is 11.6 Å². The third kappa shape index (κ3) is 3.59. The Kier molecular flexibility index (Phi) is 4.07. The lowest BCUT2D eigenvalue weighted by Gasteiger charge is -2.10. The summed E-state index contributed by atoms with van der Waals surface area (Å²) in [6, 6.07) is 6.14. The molecule has 7 heteroatoms. The molecule has 0 atom stereocenters. The number of rotatable bonds is 4. The van der Waals surface area contributed by atoms with E-state index < -0.39 is 11.7 Å². The smallest absolute Gasteiger partial charge is 0.416 e. The van der Waals surface area contributed by atoms with Crippen LogP contribution >= 0.6 is 0 Å². The zero-order chi connectivity index (χ0) is 14.6. The first-order chi connectivity index (χ1) is 9.49. The minimum atomic E-state index is -4.40. The fourth-order valence-corrected chi connectivity index (χ4v) is 1.53. The van der Waals surface area contributed by atoms with Gasteiger partial charge in [-0.3, -0.25) is 0 Å². The summed E-state index contributed by atoms with van der Waals surface area (Å²) in [7, 11) is 0. The molecule has 0 aliphatic carbocycles. The standard InChI is InChI=1S/C13H12F3N3O/c1-2-17-11-7-12(19-8-18-11)20-10-5-3-4-9(6-10)13(14,15)16/h3-8H,2H2,1H3,(H,17,18,19). The maximum atomic E-state index is 12.6. The third-order valence-electron chi connectivity index (χ3n) is 2.38. The lowest BCUT2D eigenvalue weighted by molar-refractivity contribution is -0.137. The lowest BCUT2D eigenvalue weighted by atomic mass is 10.2. The molecule has 0 radical (unpaired) electrons. The molecular formula is C13H12F3N3O. The SMILES string of the molecule is CCNc1cc(Oc2cccc(C(F)(F)F)c2)ncn1. The summed E-state index contributed by atoms with van der Waals surface area (Å²) in [5.74, 6) is 0.792. The van der Waals surface area contributed by atoms with Gasteiger partial charge in [-0.05, 0) is 25.1 Å². The molecule has 0 saturated heterocycles. The van der Waals surface area contributed by atoms with E-state index in [0.717, 1.165) is 12.1 Å². The van der Waals surface area contributed by atoms with Crippen molar-refractivity contribution in [2.24, 2.45) is 0 Å². The van der Waals surface area contributed by atoms with Gasteiger partial charge in [0, 0.05) is 12.6 Å². The van der Waals surface area contributed by atoms with Crippen LogP contribution in [0.3, 0.4) is 0 Å². The fraction of sp³-hybridized carbons (Fsp3) is 0.231. The van der Waals surface area contributed by atoms with Crippen LogP contribution < -0.4 is 10.1 Å². The van der Waals surface area contributed by atoms with E-state index >= 15 is 0 Å². The molecule has 0 unspecified atom stereocenters. The Bertz CT molecular complexity index is 587. The summed E-state index contributed by atoms with van der Waals surface area (Å²) < 4.78 is 43.0. The van der Waals surface area contributed by atoms with Crippen molar-refractivity contribution < 1.29 is 17.9 Å². The number of hydrogen-bond donors (Lipinski definition) is 1. The van der Waals surface area contributed by atoms with Gasteiger partial charge in [-0.15, -0.1) is 0 Å². The predicted molar refractivity (Wildman–Crippen MR) is 67.7 cm³/mol. The Morgan fingerprint density at radius 1 is 1.20 bits per heavy atom. The summed E-state index contributed by atoms with van der Waals surface area (Å²) in [5.41, 5.74) is -0.768. The normalized spacial score (nSPS) is 11.2. The summed E-state index contributed by atoms with van der Waals surface area (Å²) in [5, 5.41) is 2.96. The van der Waals surface area contributed by atoms with Crippen LogP contribution in [0.25, 0.3) is 0 Å². The number of halogens is 3. The Morgan fingerprint density at radius 3 is 2.70 bits per heavy atom. The number of anilines is 1. The van der Waals surface area contributed by atoms with E-state index in [4.69, 9.17) is 4.74 Å². The molecule has 0 aliphatic rings. The minimum Gasteiger partial charge on any atom is -0.439 e. The Morgan fingerprint density at radius 2 is 2.00 bits per heavy atom. The second-order valence-electron chi connectivity index (χ2n) is 3.90. The Hall–Kier alpha value is -2.31. The van der Waals surface area contributed by atoms with Crippen molar-refractivity contribution >= 4 is 5.82 Å². The van der Waals surface area contributed by atoms with Crippen LogP contribution in [0.1, 0.15) is 12.5 Å². The van der Waals surface area contributed by atoms with Gasteiger partial charge in [0.25, 0.3) is 0 Å². The highest BCUT2D eigenvalue weighted by Crippen LogP contribution is 2.32. The molecule has 20 heavy (non-hydrogen) atoms. The highest BCUT2D eigenvalue weighted by Gasteiger charge is 2.30. The van der Waals surface area contributed by atoms with Crippen molar-refractivity contribution in [2.75, 3.05) is 11.9 Å². The molecule has 0 amide bonds. The molecule has 2 rings (SSSR count). The van der Waals surface area contributed by atoms with E-state index in [1.807, 2.05) is 6.92 Å². The van der Waals surface area contributed by atoms with Crippen molar-refractivity contribution in [3.63, 3.8) is 0 Å². The minimum absolute atomic E-state index is 0.0703. The zero-order valence-corrected chi connectivity index (χ0v) is 10.6. The summed E-state index contributed by atoms with van der Waals surface area (Å²) in [6.45, 7) is 2.56. The molecule has 2 aromatic rings. The maximum absolute atomic E-state index is 12.6. The zero-order valence-electron chi connectivity index (χ0n) is 10.6. The number of hydrogen-bond acceptors (Lipinski definition) is 4. The molecule has 1 heterocycles. The van der Waals surface area contributed by atoms with Crippen LogP contribution in [0.2, 0.25) is 0 Å². The molecule has 106 valence electrons. The summed E-state index contributed by atoms with van der Waals surface area (Å²) in [6.07, 6.45) is -3.12. The quantitative estimate of drug-likeness (QED) is 0.929. The first-order valence-electron chi connectivity index (χ1n) is 5.90. The van der Waals surface area contributed by atoms with Crippen molar-refractivity contribution in [2.45, 2.75) is 13.1 Å². The highest BCUT2D eigenvalue weighted by atomic mass is 19.4. The van der Waals surface area contributed by atoms with E-state index in [9.17, 15) is 13.2 Å². The fourth-order valence-electron chi connectivity index (χ4n) is 1.53. The number of nitrogens with zero attached hydrogens (tertiary/aromatic N) is 2. The van der Waals surface area contributed by atoms with Gasteiger partial charge in [-0.2, -0.15) is 13.2 Å². The molecule has 0 bridgehead atoms. The van der Waals surface area contributed by atoms with Gasteiger partial charge in [-0.25, -0.2) is 9.97 Å². The predicted octanol–water partition coefficient (Wildman–Crippen LogP) is 3.72. The average molecular weight is 283 g/mol. The van der Waals surface area contributed by atoms with Gasteiger partial charge in [-0.1, -0.05) is 6.07 Å². The van der Waals surface area contributed by atoms with Crippen LogP contribution in [0.5, 0.6) is 11.6 Å². The molecule has 0 spiro atoms. The molecule has 1 aromatic heterocycles. The monoisotopic (exact) mass is 283 g/mol. The van der Waals surface area contributed by atoms with Gasteiger partial charge in [0.2, 0.25) is 5.88 Å². The van der Waals surface area contributed by atoms with Crippen molar-refractivity contribution in [3.05, 3.63) is 42.2 Å². The number of benzene rings is 1. The second kappa shape index (κ2) is 5.77. The van der Waals surface area contributed by atoms with Gasteiger partial charge >= 0.3 is 6.18 Å². The number of nitrogens with one attached hydrogen (secondary N) is 1. The third-order valence-corrected chi connectivity index (χ3v) is 2.38. The maximum Gasteiger partial charge on any atom is 0.416 e. The van der Waals surface area contributed by atoms with E-state index in [1.54, 1.807) is 0 Å². The molecule has 0 fully saturated rings. The van der Waals surface area contributed by atoms with E-state index in [1.165, 1.54) is 24.5 Å². The van der Waals surface area contributed by atoms with Crippen molar-refractivity contribution in [3.8, 4) is 11.6 Å². The molecule has 0 aliphatic heterocycles. The highest BCUT2D eigenvalue weighted by molar-refractivity contribution is 5.39. The molecule has 1 N–H and O–H groups in total. The molecule has 0 saturated carbocycles. The lowest BCUT2D eigenvalue weighted by Crippen LogP contribution is -2.04. The van der Waals surface area contributed by atoms with Crippen LogP contribution in [-0.4, -0.2) is 16.5 Å². The average Bonchev–Trinajstić information content (AvgIpc) is 2.39. The first kappa shape index (κ1) is 14.1. The summed E-state index contributed by atoms with van der Waals surface area (Å²) >= 11 is 0. The summed E-state index contributed by atoms with van der Waals surface area (Å²) in [4.78, 5) is 7.80. The molecular weight excluding hydrogens is 271 g/mol. The van der Waals surface area contributed by atoms with Crippen molar-refractivity contribution in [1.82, 2.24) is 9.97 Å². The second-order valence-corrected chi connectivity index (χ2v) is 3.90. The largest absolute Gasteiger partial charge is 0.439 e. The van der Waals surface area contributed by atoms with Crippen LogP contribution in [0.4, 0.5) is 19.0 Å². The van der Waals surface area contributed by atoms with Gasteiger partial charge in [0.05, 0.1) is 5.56 Å². The topological polar surface area (TPSA) is 47.0 Å². The Balaban J connectivity index is 2.19. The number of ether oxygens (including phenoxy) is 1. The van der Waals surface area contributed by atoms with Crippen LogP contribution in [-0.2, 0) is 6.18 Å². The van der Waals surface area contributed by atoms with Crippen LogP contribution in [0, 0.1) is 0 Å². The van der Waals surface area contributed by atoms with Crippen molar-refractivity contribution in [1.29, 1.82) is 0 Å². The number of alkyl halides is 3. The molecule has 4 nitrogen and oxygen atoms in total. The first-order valence-corrected chi connectivity index (χ1v) is 5.90. The van der Waals surface area contributed by atoms with Crippen LogP contribution in [0.15, 0.2) is 36.7 Å². The number of aromatic nitrogens is 2. The Labute approximate surface area is 113 Å². The van der Waals surface area contributed by atoms with E-state index in [2.05, 4.69) is 15.3 Å².